The van der Waals surface area contributed by atoms with E-state index in [1.165, 1.54) is 12.7 Å². The number of piperidine rings is 1. The highest BCUT2D eigenvalue weighted by molar-refractivity contribution is 5.99. The Morgan fingerprint density at radius 2 is 1.71 bits per heavy atom. The number of nitrogens with one attached hydrogen (secondary N) is 2. The van der Waals surface area contributed by atoms with Crippen LogP contribution in [0.2, 0.25) is 0 Å². The maximum atomic E-state index is 12.7. The van der Waals surface area contributed by atoms with Crippen LogP contribution in [0.3, 0.4) is 0 Å². The summed E-state index contributed by atoms with van der Waals surface area (Å²) in [4.78, 5) is 26.3. The van der Waals surface area contributed by atoms with Crippen molar-refractivity contribution >= 4 is 17.7 Å². The molecule has 1 fully saturated rings. The zero-order chi connectivity index (χ0) is 19.8. The number of alkyl carbamates (subject to hydrolysis) is 1. The van der Waals surface area contributed by atoms with Crippen LogP contribution in [-0.4, -0.2) is 44.8 Å². The Kier molecular flexibility index (Phi) is 6.89. The summed E-state index contributed by atoms with van der Waals surface area (Å²) >= 11 is 0. The normalized spacial score (nSPS) is 14.4. The molecular formula is C22H27N3O3. The van der Waals surface area contributed by atoms with Crippen molar-refractivity contribution in [2.24, 2.45) is 0 Å². The van der Waals surface area contributed by atoms with Gasteiger partial charge in [0.1, 0.15) is 0 Å². The van der Waals surface area contributed by atoms with Crippen LogP contribution in [0.15, 0.2) is 54.6 Å². The van der Waals surface area contributed by atoms with E-state index >= 15 is 0 Å². The second kappa shape index (κ2) is 9.78. The van der Waals surface area contributed by atoms with E-state index in [4.69, 9.17) is 0 Å². The molecule has 0 bridgehead atoms. The van der Waals surface area contributed by atoms with Gasteiger partial charge in [0.05, 0.1) is 12.7 Å². The van der Waals surface area contributed by atoms with Gasteiger partial charge in [-0.05, 0) is 37.0 Å². The number of benzene rings is 2. The highest BCUT2D eigenvalue weighted by Crippen LogP contribution is 2.24. The number of carbonyl (C=O) groups excluding carboxylic acids is 2. The third-order valence-electron chi connectivity index (χ3n) is 5.03. The van der Waals surface area contributed by atoms with E-state index in [1.807, 2.05) is 42.5 Å². The number of methoxy groups -OCH3 is 1. The van der Waals surface area contributed by atoms with Crippen LogP contribution in [0.4, 0.5) is 10.5 Å². The smallest absolute Gasteiger partial charge is 0.407 e. The molecule has 2 amide bonds. The molecule has 1 saturated heterocycles. The first-order chi connectivity index (χ1) is 13.7. The van der Waals surface area contributed by atoms with E-state index in [2.05, 4.69) is 32.4 Å². The minimum atomic E-state index is -0.392. The maximum Gasteiger partial charge on any atom is 0.407 e. The third-order valence-corrected chi connectivity index (χ3v) is 5.03. The molecule has 6 heteroatoms. The molecule has 0 spiro atoms. The first-order valence-electron chi connectivity index (χ1n) is 9.68. The summed E-state index contributed by atoms with van der Waals surface area (Å²) in [6.07, 6.45) is 2.05. The van der Waals surface area contributed by atoms with Crippen molar-refractivity contribution in [3.8, 4) is 0 Å². The SMILES string of the molecule is COC(=O)NC1CCN(c2ccccc2C(=O)NCCc2ccccc2)CC1. The van der Waals surface area contributed by atoms with E-state index in [1.54, 1.807) is 0 Å². The van der Waals surface area contributed by atoms with Crippen LogP contribution in [0.1, 0.15) is 28.8 Å². The highest BCUT2D eigenvalue weighted by Gasteiger charge is 2.23. The summed E-state index contributed by atoms with van der Waals surface area (Å²) in [6, 6.07) is 17.9. The summed E-state index contributed by atoms with van der Waals surface area (Å²) in [6.45, 7) is 2.16. The minimum Gasteiger partial charge on any atom is -0.453 e. The molecule has 0 aliphatic carbocycles. The topological polar surface area (TPSA) is 70.7 Å². The zero-order valence-corrected chi connectivity index (χ0v) is 16.2. The number of hydrogen-bond acceptors (Lipinski definition) is 4. The molecule has 2 aromatic carbocycles. The molecule has 0 radical (unpaired) electrons. The molecule has 3 rings (SSSR count). The summed E-state index contributed by atoms with van der Waals surface area (Å²) < 4.78 is 4.67. The van der Waals surface area contributed by atoms with Gasteiger partial charge in [-0.25, -0.2) is 4.79 Å². The van der Waals surface area contributed by atoms with Gasteiger partial charge in [-0.2, -0.15) is 0 Å². The lowest BCUT2D eigenvalue weighted by atomic mass is 10.0. The molecule has 0 saturated carbocycles. The fourth-order valence-corrected chi connectivity index (χ4v) is 3.49. The second-order valence-corrected chi connectivity index (χ2v) is 6.91. The summed E-state index contributed by atoms with van der Waals surface area (Å²) in [7, 11) is 1.37. The number of amides is 2. The lowest BCUT2D eigenvalue weighted by molar-refractivity contribution is 0.0954. The predicted molar refractivity (Wildman–Crippen MR) is 110 cm³/mol. The highest BCUT2D eigenvalue weighted by atomic mass is 16.5. The van der Waals surface area contributed by atoms with Crippen molar-refractivity contribution < 1.29 is 14.3 Å². The fraction of sp³-hybridized carbons (Fsp3) is 0.364. The lowest BCUT2D eigenvalue weighted by Crippen LogP contribution is -2.45. The average Bonchev–Trinajstić information content (AvgIpc) is 2.75. The van der Waals surface area contributed by atoms with E-state index in [-0.39, 0.29) is 11.9 Å². The Balaban J connectivity index is 1.57. The molecule has 0 aromatic heterocycles. The van der Waals surface area contributed by atoms with Crippen molar-refractivity contribution in [3.63, 3.8) is 0 Å². The monoisotopic (exact) mass is 381 g/mol. The molecular weight excluding hydrogens is 354 g/mol. The largest absolute Gasteiger partial charge is 0.453 e. The number of hydrogen-bond donors (Lipinski definition) is 2. The van der Waals surface area contributed by atoms with Crippen molar-refractivity contribution in [2.45, 2.75) is 25.3 Å². The van der Waals surface area contributed by atoms with Gasteiger partial charge >= 0.3 is 6.09 Å². The van der Waals surface area contributed by atoms with Gasteiger partial charge in [0.2, 0.25) is 0 Å². The van der Waals surface area contributed by atoms with Gasteiger partial charge in [0, 0.05) is 31.4 Å². The zero-order valence-electron chi connectivity index (χ0n) is 16.2. The van der Waals surface area contributed by atoms with Crippen molar-refractivity contribution in [3.05, 3.63) is 65.7 Å². The van der Waals surface area contributed by atoms with Crippen LogP contribution in [0.25, 0.3) is 0 Å². The van der Waals surface area contributed by atoms with Crippen LogP contribution in [0, 0.1) is 0 Å². The number of rotatable bonds is 6. The number of carbonyl (C=O) groups is 2. The maximum absolute atomic E-state index is 12.7. The fourth-order valence-electron chi connectivity index (χ4n) is 3.49. The van der Waals surface area contributed by atoms with Gasteiger partial charge in [-0.15, -0.1) is 0 Å². The molecule has 2 aromatic rings. The molecule has 1 heterocycles. The second-order valence-electron chi connectivity index (χ2n) is 6.91. The number of ether oxygens (including phenoxy) is 1. The van der Waals surface area contributed by atoms with Gasteiger partial charge in [-0.1, -0.05) is 42.5 Å². The Morgan fingerprint density at radius 1 is 1.04 bits per heavy atom. The van der Waals surface area contributed by atoms with Crippen molar-refractivity contribution in [1.82, 2.24) is 10.6 Å². The molecule has 148 valence electrons. The Hall–Kier alpha value is -3.02. The Morgan fingerprint density at radius 3 is 2.43 bits per heavy atom. The first-order valence-corrected chi connectivity index (χ1v) is 9.68. The molecule has 2 N–H and O–H groups in total. The van der Waals surface area contributed by atoms with E-state index in [0.717, 1.165) is 38.0 Å². The van der Waals surface area contributed by atoms with Crippen LogP contribution >= 0.6 is 0 Å². The Labute approximate surface area is 165 Å². The molecule has 0 unspecified atom stereocenters. The molecule has 6 nitrogen and oxygen atoms in total. The standard InChI is InChI=1S/C22H27N3O3/c1-28-22(27)24-18-12-15-25(16-13-18)20-10-6-5-9-19(20)21(26)23-14-11-17-7-3-2-4-8-17/h2-10,18H,11-16H2,1H3,(H,23,26)(H,24,27). The van der Waals surface area contributed by atoms with E-state index in [0.29, 0.717) is 12.1 Å². The number of anilines is 1. The van der Waals surface area contributed by atoms with Gasteiger partial charge < -0.3 is 20.3 Å². The predicted octanol–water partition coefficient (Wildman–Crippen LogP) is 2.98. The molecule has 1 aliphatic heterocycles. The lowest BCUT2D eigenvalue weighted by Gasteiger charge is -2.34. The van der Waals surface area contributed by atoms with Gasteiger partial charge in [0.25, 0.3) is 5.91 Å². The van der Waals surface area contributed by atoms with E-state index < -0.39 is 6.09 Å². The van der Waals surface area contributed by atoms with Crippen LogP contribution < -0.4 is 15.5 Å². The molecule has 1 aliphatic rings. The first kappa shape index (κ1) is 19.7. The summed E-state index contributed by atoms with van der Waals surface area (Å²) in [5.41, 5.74) is 2.84. The van der Waals surface area contributed by atoms with Crippen molar-refractivity contribution in [1.29, 1.82) is 0 Å². The number of para-hydroxylation sites is 1. The Bertz CT molecular complexity index is 787. The van der Waals surface area contributed by atoms with Gasteiger partial charge in [-0.3, -0.25) is 4.79 Å². The average molecular weight is 381 g/mol. The van der Waals surface area contributed by atoms with Crippen molar-refractivity contribution in [2.75, 3.05) is 31.6 Å². The third kappa shape index (κ3) is 5.25. The van der Waals surface area contributed by atoms with Crippen LogP contribution in [-0.2, 0) is 11.2 Å². The summed E-state index contributed by atoms with van der Waals surface area (Å²) in [5.74, 6) is -0.0543. The quantitative estimate of drug-likeness (QED) is 0.807. The number of nitrogens with zero attached hydrogens (tertiary/aromatic N) is 1. The van der Waals surface area contributed by atoms with Crippen LogP contribution in [0.5, 0.6) is 0 Å². The minimum absolute atomic E-state index is 0.0543. The molecule has 0 atom stereocenters. The molecule has 28 heavy (non-hydrogen) atoms. The van der Waals surface area contributed by atoms with E-state index in [9.17, 15) is 9.59 Å². The summed E-state index contributed by atoms with van der Waals surface area (Å²) in [5, 5.41) is 5.88. The van der Waals surface area contributed by atoms with Gasteiger partial charge in [0.15, 0.2) is 0 Å².